The van der Waals surface area contributed by atoms with Crippen LogP contribution in [0.3, 0.4) is 0 Å². The van der Waals surface area contributed by atoms with E-state index in [1.165, 1.54) is 11.3 Å². The van der Waals surface area contributed by atoms with Crippen molar-refractivity contribution in [3.8, 4) is 0 Å². The lowest BCUT2D eigenvalue weighted by molar-refractivity contribution is -0.120. The fraction of sp³-hybridized carbons (Fsp3) is 0.250. The first kappa shape index (κ1) is 16.7. The molecule has 2 rings (SSSR count). The van der Waals surface area contributed by atoms with Crippen molar-refractivity contribution >= 4 is 39.1 Å². The maximum atomic E-state index is 11.9. The van der Waals surface area contributed by atoms with Crippen LogP contribution in [0.15, 0.2) is 40.9 Å². The van der Waals surface area contributed by atoms with E-state index in [0.29, 0.717) is 4.88 Å². The van der Waals surface area contributed by atoms with Crippen molar-refractivity contribution in [1.82, 2.24) is 10.6 Å². The van der Waals surface area contributed by atoms with E-state index in [-0.39, 0.29) is 24.4 Å². The minimum atomic E-state index is -0.221. The Morgan fingerprint density at radius 2 is 1.95 bits per heavy atom. The van der Waals surface area contributed by atoms with E-state index in [2.05, 4.69) is 26.6 Å². The molecule has 1 heterocycles. The van der Waals surface area contributed by atoms with Crippen molar-refractivity contribution in [2.24, 2.45) is 0 Å². The first-order valence-corrected chi connectivity index (χ1v) is 8.46. The Morgan fingerprint density at radius 1 is 1.23 bits per heavy atom. The molecular weight excluding hydrogens is 364 g/mol. The third-order valence-corrected chi connectivity index (χ3v) is 4.84. The van der Waals surface area contributed by atoms with Crippen LogP contribution in [-0.4, -0.2) is 18.4 Å². The quantitative estimate of drug-likeness (QED) is 0.834. The number of rotatable bonds is 5. The number of thiophene rings is 1. The molecule has 1 aromatic carbocycles. The van der Waals surface area contributed by atoms with Crippen LogP contribution in [-0.2, 0) is 4.79 Å². The van der Waals surface area contributed by atoms with Crippen LogP contribution in [0, 0.1) is 6.92 Å². The summed E-state index contributed by atoms with van der Waals surface area (Å²) in [6.45, 7) is 3.81. The van der Waals surface area contributed by atoms with Gasteiger partial charge in [-0.05, 0) is 37.6 Å². The zero-order valence-corrected chi connectivity index (χ0v) is 14.8. The van der Waals surface area contributed by atoms with Gasteiger partial charge in [0.1, 0.15) is 0 Å². The smallest absolute Gasteiger partial charge is 0.261 e. The summed E-state index contributed by atoms with van der Waals surface area (Å²) in [6.07, 6.45) is 0. The van der Waals surface area contributed by atoms with Crippen molar-refractivity contribution in [2.75, 3.05) is 6.54 Å². The Balaban J connectivity index is 1.85. The number of carbonyl (C=O) groups is 2. The van der Waals surface area contributed by atoms with Gasteiger partial charge >= 0.3 is 0 Å². The van der Waals surface area contributed by atoms with Crippen LogP contribution < -0.4 is 10.6 Å². The zero-order chi connectivity index (χ0) is 16.1. The van der Waals surface area contributed by atoms with Gasteiger partial charge < -0.3 is 10.6 Å². The van der Waals surface area contributed by atoms with Crippen molar-refractivity contribution < 1.29 is 9.59 Å². The molecule has 2 amide bonds. The fourth-order valence-electron chi connectivity index (χ4n) is 2.00. The van der Waals surface area contributed by atoms with Gasteiger partial charge in [-0.1, -0.05) is 34.1 Å². The summed E-state index contributed by atoms with van der Waals surface area (Å²) in [5, 5.41) is 5.50. The minimum absolute atomic E-state index is 0.0371. The average molecular weight is 381 g/mol. The monoisotopic (exact) mass is 380 g/mol. The number of benzene rings is 1. The van der Waals surface area contributed by atoms with E-state index < -0.39 is 0 Å². The molecular formula is C16H17BrN2O2S. The topological polar surface area (TPSA) is 58.2 Å². The molecule has 0 aliphatic carbocycles. The summed E-state index contributed by atoms with van der Waals surface area (Å²) >= 11 is 4.87. The van der Waals surface area contributed by atoms with Gasteiger partial charge in [0.15, 0.2) is 0 Å². The van der Waals surface area contributed by atoms with Crippen LogP contribution in [0.25, 0.3) is 0 Å². The molecule has 1 atom stereocenters. The van der Waals surface area contributed by atoms with Gasteiger partial charge in [0.05, 0.1) is 17.5 Å². The molecule has 1 aromatic heterocycles. The highest BCUT2D eigenvalue weighted by Crippen LogP contribution is 2.22. The lowest BCUT2D eigenvalue weighted by Gasteiger charge is -2.16. The molecule has 116 valence electrons. The largest absolute Gasteiger partial charge is 0.348 e. The number of amides is 2. The second kappa shape index (κ2) is 7.56. The van der Waals surface area contributed by atoms with Crippen molar-refractivity contribution in [3.63, 3.8) is 0 Å². The molecule has 0 saturated heterocycles. The Bertz CT molecular complexity index is 684. The lowest BCUT2D eigenvalue weighted by Crippen LogP contribution is -2.37. The van der Waals surface area contributed by atoms with Crippen molar-refractivity contribution in [1.29, 1.82) is 0 Å². The molecule has 0 radical (unpaired) electrons. The number of aryl methyl sites for hydroxylation is 1. The van der Waals surface area contributed by atoms with Gasteiger partial charge in [-0.15, -0.1) is 11.3 Å². The maximum absolute atomic E-state index is 11.9. The molecule has 0 aliphatic rings. The van der Waals surface area contributed by atoms with Gasteiger partial charge in [0.2, 0.25) is 5.91 Å². The molecule has 4 nitrogen and oxygen atoms in total. The van der Waals surface area contributed by atoms with Gasteiger partial charge in [-0.3, -0.25) is 9.59 Å². The Morgan fingerprint density at radius 3 is 2.59 bits per heavy atom. The third-order valence-electron chi connectivity index (χ3n) is 3.12. The second-order valence-corrected chi connectivity index (χ2v) is 7.05. The lowest BCUT2D eigenvalue weighted by atomic mass is 10.1. The van der Waals surface area contributed by atoms with Gasteiger partial charge in [-0.2, -0.15) is 0 Å². The number of carbonyl (C=O) groups excluding carboxylic acids is 2. The Kier molecular flexibility index (Phi) is 5.74. The molecule has 0 aliphatic heterocycles. The highest BCUT2D eigenvalue weighted by Gasteiger charge is 2.14. The van der Waals surface area contributed by atoms with E-state index in [0.717, 1.165) is 14.9 Å². The number of hydrogen-bond donors (Lipinski definition) is 2. The van der Waals surface area contributed by atoms with Crippen LogP contribution in [0.1, 0.15) is 33.1 Å². The zero-order valence-electron chi connectivity index (χ0n) is 12.4. The summed E-state index contributed by atoms with van der Waals surface area (Å²) in [5.41, 5.74) is 0.996. The highest BCUT2D eigenvalue weighted by molar-refractivity contribution is 9.10. The average Bonchev–Trinajstić information content (AvgIpc) is 2.91. The Hall–Kier alpha value is -1.66. The van der Waals surface area contributed by atoms with E-state index >= 15 is 0 Å². The fourth-order valence-corrected chi connectivity index (χ4v) is 3.41. The highest BCUT2D eigenvalue weighted by atomic mass is 79.9. The molecule has 6 heteroatoms. The van der Waals surface area contributed by atoms with Gasteiger partial charge in [0, 0.05) is 9.35 Å². The van der Waals surface area contributed by atoms with Crippen LogP contribution in [0.4, 0.5) is 0 Å². The minimum Gasteiger partial charge on any atom is -0.348 e. The molecule has 0 bridgehead atoms. The van der Waals surface area contributed by atoms with Crippen molar-refractivity contribution in [3.05, 3.63) is 56.2 Å². The van der Waals surface area contributed by atoms with Crippen molar-refractivity contribution in [2.45, 2.75) is 19.9 Å². The van der Waals surface area contributed by atoms with E-state index in [1.54, 1.807) is 6.07 Å². The van der Waals surface area contributed by atoms with Gasteiger partial charge in [-0.25, -0.2) is 0 Å². The Labute approximate surface area is 142 Å². The summed E-state index contributed by atoms with van der Waals surface area (Å²) in [4.78, 5) is 25.5. The second-order valence-electron chi connectivity index (χ2n) is 4.90. The molecule has 0 saturated carbocycles. The number of halogens is 1. The third kappa shape index (κ3) is 4.42. The van der Waals surface area contributed by atoms with Gasteiger partial charge in [0.25, 0.3) is 5.91 Å². The van der Waals surface area contributed by atoms with Crippen LogP contribution in [0.5, 0.6) is 0 Å². The standard InChI is InChI=1S/C16H17BrN2O2S/c1-10-7-8-14(22-10)16(21)18-9-15(20)19-11(2)12-5-3-4-6-13(12)17/h3-8,11H,9H2,1-2H3,(H,18,21)(H,19,20)/t11-/m1/s1. The van der Waals surface area contributed by atoms with E-state index in [9.17, 15) is 9.59 Å². The summed E-state index contributed by atoms with van der Waals surface area (Å²) in [6, 6.07) is 11.2. The predicted molar refractivity (Wildman–Crippen MR) is 92.1 cm³/mol. The summed E-state index contributed by atoms with van der Waals surface area (Å²) in [5.74, 6) is -0.438. The predicted octanol–water partition coefficient (Wildman–Crippen LogP) is 3.43. The molecule has 0 fully saturated rings. The molecule has 0 spiro atoms. The first-order chi connectivity index (χ1) is 10.5. The number of hydrogen-bond acceptors (Lipinski definition) is 3. The summed E-state index contributed by atoms with van der Waals surface area (Å²) in [7, 11) is 0. The number of nitrogens with one attached hydrogen (secondary N) is 2. The van der Waals surface area contributed by atoms with E-state index in [1.807, 2.05) is 44.2 Å². The molecule has 2 N–H and O–H groups in total. The first-order valence-electron chi connectivity index (χ1n) is 6.86. The molecule has 2 aromatic rings. The molecule has 0 unspecified atom stereocenters. The summed E-state index contributed by atoms with van der Waals surface area (Å²) < 4.78 is 0.945. The van der Waals surface area contributed by atoms with Crippen LogP contribution in [0.2, 0.25) is 0 Å². The normalized spacial score (nSPS) is 11.8. The molecule has 22 heavy (non-hydrogen) atoms. The van der Waals surface area contributed by atoms with Crippen LogP contribution >= 0.6 is 27.3 Å². The van der Waals surface area contributed by atoms with E-state index in [4.69, 9.17) is 0 Å². The maximum Gasteiger partial charge on any atom is 0.261 e. The SMILES string of the molecule is Cc1ccc(C(=O)NCC(=O)N[C@H](C)c2ccccc2Br)s1.